The van der Waals surface area contributed by atoms with Gasteiger partial charge in [0.25, 0.3) is 11.6 Å². The molecule has 0 radical (unpaired) electrons. The molecule has 5 rings (SSSR count). The summed E-state index contributed by atoms with van der Waals surface area (Å²) < 4.78 is 10.7. The summed E-state index contributed by atoms with van der Waals surface area (Å²) in [5.41, 5.74) is -0.402. The number of amides is 1. The number of benzene rings is 3. The Morgan fingerprint density at radius 2 is 1.79 bits per heavy atom. The summed E-state index contributed by atoms with van der Waals surface area (Å²) in [6.45, 7) is 0.301. The molecule has 2 heterocycles. The number of anilines is 1. The molecule has 9 heteroatoms. The van der Waals surface area contributed by atoms with E-state index in [0.717, 1.165) is 5.56 Å². The van der Waals surface area contributed by atoms with Crippen molar-refractivity contribution in [1.29, 1.82) is 0 Å². The molecule has 0 bridgehead atoms. The maximum Gasteiger partial charge on any atom is 0.269 e. The zero-order valence-corrected chi connectivity index (χ0v) is 17.3. The minimum atomic E-state index is -2.05. The predicted octanol–water partition coefficient (Wildman–Crippen LogP) is 3.33. The van der Waals surface area contributed by atoms with Gasteiger partial charge in [0, 0.05) is 23.3 Å². The highest BCUT2D eigenvalue weighted by atomic mass is 16.7. The van der Waals surface area contributed by atoms with Gasteiger partial charge in [-0.3, -0.25) is 19.7 Å². The number of rotatable bonds is 6. The van der Waals surface area contributed by atoms with Gasteiger partial charge >= 0.3 is 0 Å². The van der Waals surface area contributed by atoms with E-state index in [-0.39, 0.29) is 24.6 Å². The van der Waals surface area contributed by atoms with Crippen LogP contribution in [0.25, 0.3) is 0 Å². The van der Waals surface area contributed by atoms with E-state index in [1.807, 2.05) is 6.07 Å². The second-order valence-corrected chi connectivity index (χ2v) is 7.86. The van der Waals surface area contributed by atoms with Crippen LogP contribution in [0, 0.1) is 10.1 Å². The number of carbonyl (C=O) groups excluding carboxylic acids is 2. The van der Waals surface area contributed by atoms with E-state index >= 15 is 0 Å². The fraction of sp³-hybridized carbons (Fsp3) is 0.167. The minimum absolute atomic E-state index is 0.134. The molecule has 0 aliphatic carbocycles. The Morgan fingerprint density at radius 1 is 1.06 bits per heavy atom. The van der Waals surface area contributed by atoms with E-state index in [1.165, 1.54) is 29.2 Å². The molecule has 3 aromatic rings. The van der Waals surface area contributed by atoms with Gasteiger partial charge in [-0.1, -0.05) is 24.3 Å². The molecule has 1 N–H and O–H groups in total. The van der Waals surface area contributed by atoms with E-state index in [0.29, 0.717) is 22.7 Å². The predicted molar refractivity (Wildman–Crippen MR) is 116 cm³/mol. The quantitative estimate of drug-likeness (QED) is 0.350. The van der Waals surface area contributed by atoms with Crippen molar-refractivity contribution in [2.24, 2.45) is 0 Å². The second-order valence-electron chi connectivity index (χ2n) is 7.86. The topological polar surface area (TPSA) is 119 Å². The number of non-ortho nitro benzene ring substituents is 1. The summed E-state index contributed by atoms with van der Waals surface area (Å²) in [7, 11) is 0. The summed E-state index contributed by atoms with van der Waals surface area (Å²) >= 11 is 0. The van der Waals surface area contributed by atoms with E-state index < -0.39 is 28.6 Å². The Labute approximate surface area is 187 Å². The lowest BCUT2D eigenvalue weighted by Gasteiger charge is -2.23. The van der Waals surface area contributed by atoms with Crippen LogP contribution in [0.4, 0.5) is 11.4 Å². The first-order valence-corrected chi connectivity index (χ1v) is 10.2. The highest BCUT2D eigenvalue weighted by molar-refractivity contribution is 6.10. The standard InChI is InChI=1S/C24H18N2O7/c27-20(16-6-8-17(9-7-16)26(30)31)12-24(29)18-3-1-2-4-19(18)25(23(24)28)13-15-5-10-21-22(11-15)33-14-32-21/h1-11,29H,12-14H2/t24-/m0/s1. The number of fused-ring (bicyclic) bond motifs is 2. The minimum Gasteiger partial charge on any atom is -0.454 e. The lowest BCUT2D eigenvalue weighted by molar-refractivity contribution is -0.384. The van der Waals surface area contributed by atoms with Crippen LogP contribution in [0.3, 0.4) is 0 Å². The van der Waals surface area contributed by atoms with Crippen molar-refractivity contribution in [2.75, 3.05) is 11.7 Å². The first-order chi connectivity index (χ1) is 15.9. The molecule has 0 aromatic heterocycles. The van der Waals surface area contributed by atoms with Crippen molar-refractivity contribution >= 4 is 23.1 Å². The number of aliphatic hydroxyl groups is 1. The molecule has 2 aliphatic heterocycles. The number of hydrogen-bond donors (Lipinski definition) is 1. The monoisotopic (exact) mass is 446 g/mol. The average molecular weight is 446 g/mol. The van der Waals surface area contributed by atoms with Crippen molar-refractivity contribution in [3.63, 3.8) is 0 Å². The van der Waals surface area contributed by atoms with Crippen LogP contribution in [0.5, 0.6) is 11.5 Å². The van der Waals surface area contributed by atoms with E-state index in [1.54, 1.807) is 36.4 Å². The maximum absolute atomic E-state index is 13.4. The molecule has 0 fully saturated rings. The van der Waals surface area contributed by atoms with Gasteiger partial charge in [0.2, 0.25) is 6.79 Å². The zero-order chi connectivity index (χ0) is 23.2. The second kappa shape index (κ2) is 7.72. The molecule has 33 heavy (non-hydrogen) atoms. The van der Waals surface area contributed by atoms with Crippen LogP contribution in [0.1, 0.15) is 27.9 Å². The number of Topliss-reactive ketones (excluding diaryl/α,β-unsaturated/α-hetero) is 1. The number of hydrogen-bond acceptors (Lipinski definition) is 7. The molecule has 1 atom stereocenters. The van der Waals surface area contributed by atoms with Crippen molar-refractivity contribution in [3.05, 3.63) is 93.5 Å². The number of ketones is 1. The highest BCUT2D eigenvalue weighted by Gasteiger charge is 2.50. The fourth-order valence-corrected chi connectivity index (χ4v) is 4.16. The van der Waals surface area contributed by atoms with Gasteiger partial charge < -0.3 is 19.5 Å². The van der Waals surface area contributed by atoms with E-state index in [9.17, 15) is 24.8 Å². The van der Waals surface area contributed by atoms with Gasteiger partial charge in [-0.25, -0.2) is 0 Å². The van der Waals surface area contributed by atoms with Gasteiger partial charge in [0.05, 0.1) is 23.6 Å². The fourth-order valence-electron chi connectivity index (χ4n) is 4.16. The van der Waals surface area contributed by atoms with Gasteiger partial charge in [0.1, 0.15) is 0 Å². The van der Waals surface area contributed by atoms with Crippen molar-refractivity contribution < 1.29 is 29.1 Å². The molecule has 1 amide bonds. The Kier molecular flexibility index (Phi) is 4.83. The van der Waals surface area contributed by atoms with E-state index in [2.05, 4.69) is 0 Å². The lowest BCUT2D eigenvalue weighted by atomic mass is 9.88. The van der Waals surface area contributed by atoms with Gasteiger partial charge in [-0.2, -0.15) is 0 Å². The van der Waals surface area contributed by atoms with Crippen LogP contribution < -0.4 is 14.4 Å². The molecule has 9 nitrogen and oxygen atoms in total. The number of ether oxygens (including phenoxy) is 2. The molecule has 166 valence electrons. The molecule has 0 spiro atoms. The average Bonchev–Trinajstić information content (AvgIpc) is 3.36. The largest absolute Gasteiger partial charge is 0.454 e. The Balaban J connectivity index is 1.43. The summed E-state index contributed by atoms with van der Waals surface area (Å²) in [5.74, 6) is 0.0882. The zero-order valence-electron chi connectivity index (χ0n) is 17.3. The van der Waals surface area contributed by atoms with Gasteiger partial charge in [-0.05, 0) is 35.9 Å². The molecule has 3 aromatic carbocycles. The summed E-state index contributed by atoms with van der Waals surface area (Å²) in [5, 5.41) is 22.3. The third-order valence-electron chi connectivity index (χ3n) is 5.83. The SMILES string of the molecule is O=C(C[C@@]1(O)C(=O)N(Cc2ccc3c(c2)OCO3)c2ccccc21)c1ccc([N+](=O)[O-])cc1. The summed E-state index contributed by atoms with van der Waals surface area (Å²) in [6.07, 6.45) is -0.488. The molecule has 0 unspecified atom stereocenters. The van der Waals surface area contributed by atoms with Crippen LogP contribution in [0.2, 0.25) is 0 Å². The molecule has 0 saturated heterocycles. The van der Waals surface area contributed by atoms with Crippen LogP contribution in [0.15, 0.2) is 66.7 Å². The normalized spacial score (nSPS) is 18.3. The first kappa shape index (κ1) is 20.7. The Bertz CT molecular complexity index is 1290. The number of nitro groups is 1. The Hall–Kier alpha value is -4.24. The lowest BCUT2D eigenvalue weighted by Crippen LogP contribution is -2.41. The number of nitrogens with zero attached hydrogens (tertiary/aromatic N) is 2. The first-order valence-electron chi connectivity index (χ1n) is 10.2. The maximum atomic E-state index is 13.4. The Morgan fingerprint density at radius 3 is 2.55 bits per heavy atom. The van der Waals surface area contributed by atoms with Gasteiger partial charge in [0.15, 0.2) is 22.9 Å². The number of carbonyl (C=O) groups is 2. The third-order valence-corrected chi connectivity index (χ3v) is 5.83. The smallest absolute Gasteiger partial charge is 0.269 e. The number of para-hydroxylation sites is 1. The molecule has 0 saturated carbocycles. The third kappa shape index (κ3) is 3.48. The van der Waals surface area contributed by atoms with Crippen molar-refractivity contribution in [3.8, 4) is 11.5 Å². The molecular weight excluding hydrogens is 428 g/mol. The van der Waals surface area contributed by atoms with Crippen LogP contribution in [-0.2, 0) is 16.9 Å². The number of nitro benzene ring substituents is 1. The highest BCUT2D eigenvalue weighted by Crippen LogP contribution is 2.44. The van der Waals surface area contributed by atoms with Crippen LogP contribution >= 0.6 is 0 Å². The van der Waals surface area contributed by atoms with Gasteiger partial charge in [-0.15, -0.1) is 0 Å². The van der Waals surface area contributed by atoms with Crippen molar-refractivity contribution in [1.82, 2.24) is 0 Å². The van der Waals surface area contributed by atoms with Crippen molar-refractivity contribution in [2.45, 2.75) is 18.6 Å². The summed E-state index contributed by atoms with van der Waals surface area (Å²) in [6, 6.07) is 17.2. The molecular formula is C24H18N2O7. The van der Waals surface area contributed by atoms with Crippen LogP contribution in [-0.4, -0.2) is 28.5 Å². The summed E-state index contributed by atoms with van der Waals surface area (Å²) in [4.78, 5) is 38.0. The van der Waals surface area contributed by atoms with E-state index in [4.69, 9.17) is 9.47 Å². The molecule has 2 aliphatic rings.